The second-order valence-electron chi connectivity index (χ2n) is 8.01. The highest BCUT2D eigenvalue weighted by atomic mass is 35.5. The number of carbonyl (C=O) groups is 2. The fraction of sp³-hybridized carbons (Fsp3) is 0.478. The summed E-state index contributed by atoms with van der Waals surface area (Å²) in [6.45, 7) is 6.51. The lowest BCUT2D eigenvalue weighted by molar-refractivity contribution is -0.129. The molecular weight excluding hydrogens is 462 g/mol. The van der Waals surface area contributed by atoms with Crippen molar-refractivity contribution < 1.29 is 19.1 Å². The molecule has 0 spiro atoms. The number of carbonyl (C=O) groups excluding carboxylic acids is 2. The number of benzene rings is 1. The van der Waals surface area contributed by atoms with Crippen LogP contribution in [0.1, 0.15) is 36.1 Å². The van der Waals surface area contributed by atoms with Crippen molar-refractivity contribution in [2.75, 3.05) is 37.8 Å². The molecule has 1 aromatic heterocycles. The first-order valence-corrected chi connectivity index (χ1v) is 11.6. The number of H-pyrrole nitrogens is 1. The van der Waals surface area contributed by atoms with E-state index >= 15 is 0 Å². The van der Waals surface area contributed by atoms with Gasteiger partial charge in [-0.15, -0.1) is 0 Å². The van der Waals surface area contributed by atoms with Crippen molar-refractivity contribution in [1.82, 2.24) is 20.8 Å². The Morgan fingerprint density at radius 3 is 2.56 bits per heavy atom. The highest BCUT2D eigenvalue weighted by Gasteiger charge is 2.17. The summed E-state index contributed by atoms with van der Waals surface area (Å²) < 4.78 is 11.0. The lowest BCUT2D eigenvalue weighted by atomic mass is 10.1. The molecular formula is C23H30ClN5O5. The Labute approximate surface area is 203 Å². The Hall–Kier alpha value is -3.11. The van der Waals surface area contributed by atoms with Gasteiger partial charge in [0.05, 0.1) is 19.8 Å². The van der Waals surface area contributed by atoms with Gasteiger partial charge in [0.2, 0.25) is 17.8 Å². The predicted octanol–water partition coefficient (Wildman–Crippen LogP) is 1.82. The van der Waals surface area contributed by atoms with Crippen molar-refractivity contribution in [1.29, 1.82) is 0 Å². The Morgan fingerprint density at radius 1 is 1.18 bits per heavy atom. The summed E-state index contributed by atoms with van der Waals surface area (Å²) in [5, 5.41) is 0.640. The number of rotatable bonds is 9. The van der Waals surface area contributed by atoms with Crippen LogP contribution in [-0.2, 0) is 20.7 Å². The number of morpholine rings is 1. The van der Waals surface area contributed by atoms with E-state index in [1.807, 2.05) is 17.9 Å². The van der Waals surface area contributed by atoms with Crippen LogP contribution in [0.15, 0.2) is 23.0 Å². The van der Waals surface area contributed by atoms with Gasteiger partial charge in [0.25, 0.3) is 5.56 Å². The second kappa shape index (κ2) is 12.4. The molecule has 1 aliphatic heterocycles. The molecule has 1 fully saturated rings. The Morgan fingerprint density at radius 2 is 1.88 bits per heavy atom. The first kappa shape index (κ1) is 25.5. The van der Waals surface area contributed by atoms with E-state index in [0.717, 1.165) is 11.3 Å². The molecule has 3 N–H and O–H groups in total. The van der Waals surface area contributed by atoms with Gasteiger partial charge in [-0.05, 0) is 50.5 Å². The minimum atomic E-state index is -0.391. The normalized spacial score (nSPS) is 13.4. The van der Waals surface area contributed by atoms with Crippen LogP contribution in [0.2, 0.25) is 5.02 Å². The van der Waals surface area contributed by atoms with E-state index in [2.05, 4.69) is 20.8 Å². The summed E-state index contributed by atoms with van der Waals surface area (Å²) in [6.07, 6.45) is 0.938. The molecule has 10 nitrogen and oxygen atoms in total. The van der Waals surface area contributed by atoms with Crippen molar-refractivity contribution in [3.63, 3.8) is 0 Å². The summed E-state index contributed by atoms with van der Waals surface area (Å²) in [7, 11) is 0. The second-order valence-corrected chi connectivity index (χ2v) is 8.45. The number of halogens is 1. The van der Waals surface area contributed by atoms with E-state index < -0.39 is 5.91 Å². The van der Waals surface area contributed by atoms with Crippen LogP contribution in [0.3, 0.4) is 0 Å². The van der Waals surface area contributed by atoms with Gasteiger partial charge in [0.15, 0.2) is 0 Å². The summed E-state index contributed by atoms with van der Waals surface area (Å²) in [6, 6.07) is 5.34. The maximum absolute atomic E-state index is 12.5. The zero-order valence-electron chi connectivity index (χ0n) is 19.4. The van der Waals surface area contributed by atoms with E-state index in [4.69, 9.17) is 21.1 Å². The monoisotopic (exact) mass is 491 g/mol. The summed E-state index contributed by atoms with van der Waals surface area (Å²) in [5.74, 6) is 0.519. The van der Waals surface area contributed by atoms with Crippen LogP contribution < -0.4 is 26.0 Å². The standard InChI is InChI=1S/C23H30ClN5O5/c1-15-14-17(24)5-7-19(15)34-11-3-4-20(30)27-28-21(31)8-6-18-16(2)25-23(26-22(18)32)29-9-12-33-13-10-29/h5,7,14H,3-4,6,8-13H2,1-2H3,(H,27,30)(H,28,31)(H,25,26,32). The number of aromatic amines is 1. The Balaban J connectivity index is 1.37. The minimum Gasteiger partial charge on any atom is -0.493 e. The highest BCUT2D eigenvalue weighted by Crippen LogP contribution is 2.21. The number of hydrogen-bond acceptors (Lipinski definition) is 7. The van der Waals surface area contributed by atoms with E-state index in [9.17, 15) is 14.4 Å². The van der Waals surface area contributed by atoms with Crippen molar-refractivity contribution in [3.8, 4) is 5.75 Å². The molecule has 0 bridgehead atoms. The molecule has 11 heteroatoms. The van der Waals surface area contributed by atoms with Crippen molar-refractivity contribution >= 4 is 29.4 Å². The average molecular weight is 492 g/mol. The third-order valence-corrected chi connectivity index (χ3v) is 5.64. The number of nitrogens with one attached hydrogen (secondary N) is 3. The molecule has 2 amide bonds. The molecule has 0 radical (unpaired) electrons. The minimum absolute atomic E-state index is 0.0434. The molecule has 1 aromatic carbocycles. The molecule has 34 heavy (non-hydrogen) atoms. The molecule has 2 aromatic rings. The summed E-state index contributed by atoms with van der Waals surface area (Å²) in [5.41, 5.74) is 6.46. The predicted molar refractivity (Wildman–Crippen MR) is 128 cm³/mol. The van der Waals surface area contributed by atoms with E-state index in [1.54, 1.807) is 19.1 Å². The quantitative estimate of drug-likeness (QED) is 0.361. The number of aryl methyl sites for hydroxylation is 2. The molecule has 3 rings (SSSR count). The zero-order chi connectivity index (χ0) is 24.5. The first-order chi connectivity index (χ1) is 16.3. The number of hydrogen-bond donors (Lipinski definition) is 3. The molecule has 1 saturated heterocycles. The lowest BCUT2D eigenvalue weighted by Gasteiger charge is -2.27. The molecule has 0 saturated carbocycles. The zero-order valence-corrected chi connectivity index (χ0v) is 20.2. The SMILES string of the molecule is Cc1cc(Cl)ccc1OCCCC(=O)NNC(=O)CCc1c(C)nc(N2CCOCC2)[nH]c1=O. The van der Waals surface area contributed by atoms with Gasteiger partial charge in [-0.2, -0.15) is 0 Å². The number of amides is 2. The van der Waals surface area contributed by atoms with Gasteiger partial charge < -0.3 is 14.4 Å². The van der Waals surface area contributed by atoms with Crippen LogP contribution in [0.5, 0.6) is 5.75 Å². The average Bonchev–Trinajstić information content (AvgIpc) is 2.81. The number of anilines is 1. The van der Waals surface area contributed by atoms with Crippen molar-refractivity contribution in [3.05, 3.63) is 50.4 Å². The molecule has 1 aliphatic rings. The third kappa shape index (κ3) is 7.46. The third-order valence-electron chi connectivity index (χ3n) is 5.41. The number of ether oxygens (including phenoxy) is 2. The van der Waals surface area contributed by atoms with Crippen LogP contribution in [0.25, 0.3) is 0 Å². The lowest BCUT2D eigenvalue weighted by Crippen LogP contribution is -2.42. The van der Waals surface area contributed by atoms with Crippen LogP contribution >= 0.6 is 11.6 Å². The van der Waals surface area contributed by atoms with E-state index in [0.29, 0.717) is 61.6 Å². The van der Waals surface area contributed by atoms with E-state index in [-0.39, 0.29) is 30.7 Å². The van der Waals surface area contributed by atoms with Gasteiger partial charge in [0, 0.05) is 42.2 Å². The fourth-order valence-electron chi connectivity index (χ4n) is 3.51. The van der Waals surface area contributed by atoms with Crippen LogP contribution in [0, 0.1) is 13.8 Å². The summed E-state index contributed by atoms with van der Waals surface area (Å²) >= 11 is 5.92. The van der Waals surface area contributed by atoms with Gasteiger partial charge in [-0.3, -0.25) is 30.2 Å². The molecule has 0 atom stereocenters. The van der Waals surface area contributed by atoms with Gasteiger partial charge in [-0.25, -0.2) is 4.98 Å². The van der Waals surface area contributed by atoms with E-state index in [1.165, 1.54) is 0 Å². The summed E-state index contributed by atoms with van der Waals surface area (Å²) in [4.78, 5) is 45.8. The number of nitrogens with zero attached hydrogens (tertiary/aromatic N) is 2. The molecule has 0 aliphatic carbocycles. The number of aromatic nitrogens is 2. The molecule has 0 unspecified atom stereocenters. The van der Waals surface area contributed by atoms with Crippen LogP contribution in [0.4, 0.5) is 5.95 Å². The fourth-order valence-corrected chi connectivity index (χ4v) is 3.73. The van der Waals surface area contributed by atoms with Crippen LogP contribution in [-0.4, -0.2) is 54.7 Å². The van der Waals surface area contributed by atoms with Crippen molar-refractivity contribution in [2.24, 2.45) is 0 Å². The maximum Gasteiger partial charge on any atom is 0.255 e. The smallest absolute Gasteiger partial charge is 0.255 e. The van der Waals surface area contributed by atoms with Gasteiger partial charge >= 0.3 is 0 Å². The Bertz CT molecular complexity index is 1070. The first-order valence-electron chi connectivity index (χ1n) is 11.2. The maximum atomic E-state index is 12.5. The Kier molecular flexibility index (Phi) is 9.29. The molecule has 184 valence electrons. The van der Waals surface area contributed by atoms with Gasteiger partial charge in [0.1, 0.15) is 5.75 Å². The highest BCUT2D eigenvalue weighted by molar-refractivity contribution is 6.30. The van der Waals surface area contributed by atoms with Gasteiger partial charge in [-0.1, -0.05) is 11.6 Å². The van der Waals surface area contributed by atoms with Crippen molar-refractivity contribution in [2.45, 2.75) is 39.5 Å². The topological polar surface area (TPSA) is 126 Å². The molecule has 2 heterocycles. The number of hydrazine groups is 1. The largest absolute Gasteiger partial charge is 0.493 e.